The maximum atomic E-state index is 10.5. The molecule has 0 aromatic rings. The predicted octanol–water partition coefficient (Wildman–Crippen LogP) is 0.927. The number of carbonyl (C=O) groups excluding carboxylic acids is 1. The van der Waals surface area contributed by atoms with Gasteiger partial charge in [-0.2, -0.15) is 0 Å². The van der Waals surface area contributed by atoms with Crippen LogP contribution in [0.2, 0.25) is 0 Å². The Hall–Kier alpha value is -1.31. The third-order valence-electron chi connectivity index (χ3n) is 2.07. The number of hydrogen-bond acceptors (Lipinski definition) is 2. The summed E-state index contributed by atoms with van der Waals surface area (Å²) in [6.07, 6.45) is 9.68. The molecule has 0 aromatic carbocycles. The molecule has 2 rings (SSSR count). The quantitative estimate of drug-likeness (QED) is 0.559. The Balaban J connectivity index is 2.43. The molecule has 1 aliphatic carbocycles. The molecule has 1 atom stereocenters. The van der Waals surface area contributed by atoms with Crippen LogP contribution in [0, 0.1) is 0 Å². The van der Waals surface area contributed by atoms with E-state index >= 15 is 0 Å². The van der Waals surface area contributed by atoms with Crippen LogP contribution in [0.4, 0.5) is 0 Å². The Morgan fingerprint density at radius 2 is 2.45 bits per heavy atom. The van der Waals surface area contributed by atoms with Gasteiger partial charge < -0.3 is 5.32 Å². The summed E-state index contributed by atoms with van der Waals surface area (Å²) in [5, 5.41) is 3.17. The fourth-order valence-electron chi connectivity index (χ4n) is 1.49. The lowest BCUT2D eigenvalue weighted by Crippen LogP contribution is -2.22. The molecule has 2 nitrogen and oxygen atoms in total. The standard InChI is InChI=1S/C9H9NO/c11-6-7-2-1-3-9-8(7)4-5-10-9/h1-2,4-6,9-10H,3H2. The first-order chi connectivity index (χ1) is 5.42. The van der Waals surface area contributed by atoms with Gasteiger partial charge in [0.1, 0.15) is 6.29 Å². The van der Waals surface area contributed by atoms with E-state index in [4.69, 9.17) is 0 Å². The molecule has 2 heteroatoms. The van der Waals surface area contributed by atoms with Gasteiger partial charge in [0, 0.05) is 5.57 Å². The van der Waals surface area contributed by atoms with Crippen LogP contribution < -0.4 is 5.32 Å². The van der Waals surface area contributed by atoms with Gasteiger partial charge in [-0.15, -0.1) is 0 Å². The van der Waals surface area contributed by atoms with Gasteiger partial charge in [-0.05, 0) is 24.3 Å². The van der Waals surface area contributed by atoms with Crippen LogP contribution in [-0.2, 0) is 4.79 Å². The first-order valence-corrected chi connectivity index (χ1v) is 3.70. The van der Waals surface area contributed by atoms with Crippen molar-refractivity contribution in [3.05, 3.63) is 35.6 Å². The highest BCUT2D eigenvalue weighted by Gasteiger charge is 2.19. The van der Waals surface area contributed by atoms with Gasteiger partial charge in [0.2, 0.25) is 0 Å². The van der Waals surface area contributed by atoms with Gasteiger partial charge in [-0.1, -0.05) is 12.2 Å². The Morgan fingerprint density at radius 1 is 1.55 bits per heavy atom. The lowest BCUT2D eigenvalue weighted by atomic mass is 9.95. The normalized spacial score (nSPS) is 26.7. The van der Waals surface area contributed by atoms with Crippen molar-refractivity contribution >= 4 is 6.29 Å². The summed E-state index contributed by atoms with van der Waals surface area (Å²) in [4.78, 5) is 10.5. The molecule has 0 fully saturated rings. The van der Waals surface area contributed by atoms with E-state index in [1.807, 2.05) is 24.4 Å². The zero-order valence-corrected chi connectivity index (χ0v) is 6.08. The molecule has 1 aliphatic heterocycles. The van der Waals surface area contributed by atoms with Crippen molar-refractivity contribution in [1.29, 1.82) is 0 Å². The Bertz CT molecular complexity index is 273. The van der Waals surface area contributed by atoms with Gasteiger partial charge in [-0.25, -0.2) is 0 Å². The number of hydrogen-bond donors (Lipinski definition) is 1. The van der Waals surface area contributed by atoms with Crippen LogP contribution in [0.5, 0.6) is 0 Å². The van der Waals surface area contributed by atoms with Crippen LogP contribution in [-0.4, -0.2) is 12.3 Å². The molecule has 1 unspecified atom stereocenters. The monoisotopic (exact) mass is 147 g/mol. The number of nitrogens with one attached hydrogen (secondary N) is 1. The maximum Gasteiger partial charge on any atom is 0.150 e. The van der Waals surface area contributed by atoms with Gasteiger partial charge in [0.25, 0.3) is 0 Å². The summed E-state index contributed by atoms with van der Waals surface area (Å²) in [6, 6.07) is 0.347. The smallest absolute Gasteiger partial charge is 0.150 e. The lowest BCUT2D eigenvalue weighted by molar-refractivity contribution is -0.104. The number of aldehydes is 1. The van der Waals surface area contributed by atoms with Crippen molar-refractivity contribution < 1.29 is 4.79 Å². The zero-order valence-electron chi connectivity index (χ0n) is 6.08. The molecule has 0 saturated carbocycles. The molecule has 56 valence electrons. The van der Waals surface area contributed by atoms with Gasteiger partial charge in [0.15, 0.2) is 0 Å². The molecule has 0 aromatic heterocycles. The van der Waals surface area contributed by atoms with Crippen LogP contribution in [0.25, 0.3) is 0 Å². The molecule has 1 heterocycles. The van der Waals surface area contributed by atoms with Crippen molar-refractivity contribution in [2.24, 2.45) is 0 Å². The minimum atomic E-state index is 0.347. The van der Waals surface area contributed by atoms with E-state index in [1.54, 1.807) is 0 Å². The molecule has 11 heavy (non-hydrogen) atoms. The molecule has 0 saturated heterocycles. The first-order valence-electron chi connectivity index (χ1n) is 3.70. The lowest BCUT2D eigenvalue weighted by Gasteiger charge is -2.15. The SMILES string of the molecule is O=CC1=C2C=CNC2CC=C1. The summed E-state index contributed by atoms with van der Waals surface area (Å²) >= 11 is 0. The highest BCUT2D eigenvalue weighted by molar-refractivity contribution is 5.81. The summed E-state index contributed by atoms with van der Waals surface area (Å²) in [5.41, 5.74) is 1.94. The number of rotatable bonds is 1. The Labute approximate surface area is 65.3 Å². The van der Waals surface area contributed by atoms with Gasteiger partial charge >= 0.3 is 0 Å². The molecular formula is C9H9NO. The average molecular weight is 147 g/mol. The maximum absolute atomic E-state index is 10.5. The van der Waals surface area contributed by atoms with Crippen molar-refractivity contribution in [1.82, 2.24) is 5.32 Å². The van der Waals surface area contributed by atoms with Crippen LogP contribution in [0.3, 0.4) is 0 Å². The topological polar surface area (TPSA) is 29.1 Å². The van der Waals surface area contributed by atoms with Crippen molar-refractivity contribution in [2.75, 3.05) is 0 Å². The van der Waals surface area contributed by atoms with E-state index in [2.05, 4.69) is 5.32 Å². The predicted molar refractivity (Wildman–Crippen MR) is 42.9 cm³/mol. The number of carbonyl (C=O) groups is 1. The van der Waals surface area contributed by atoms with Crippen LogP contribution in [0.1, 0.15) is 6.42 Å². The Kier molecular flexibility index (Phi) is 1.39. The van der Waals surface area contributed by atoms with E-state index in [0.29, 0.717) is 6.04 Å². The van der Waals surface area contributed by atoms with E-state index in [0.717, 1.165) is 23.9 Å². The fourth-order valence-corrected chi connectivity index (χ4v) is 1.49. The third-order valence-corrected chi connectivity index (χ3v) is 2.07. The molecule has 0 radical (unpaired) electrons. The van der Waals surface area contributed by atoms with E-state index in [-0.39, 0.29) is 0 Å². The van der Waals surface area contributed by atoms with Crippen molar-refractivity contribution in [3.8, 4) is 0 Å². The van der Waals surface area contributed by atoms with E-state index in [1.165, 1.54) is 0 Å². The van der Waals surface area contributed by atoms with Crippen molar-refractivity contribution in [3.63, 3.8) is 0 Å². The summed E-state index contributed by atoms with van der Waals surface area (Å²) in [5.74, 6) is 0. The average Bonchev–Trinajstić information content (AvgIpc) is 2.50. The number of fused-ring (bicyclic) bond motifs is 1. The summed E-state index contributed by atoms with van der Waals surface area (Å²) < 4.78 is 0. The molecule has 0 spiro atoms. The van der Waals surface area contributed by atoms with Gasteiger partial charge in [-0.3, -0.25) is 4.79 Å². The highest BCUT2D eigenvalue weighted by atomic mass is 16.1. The molecule has 0 bridgehead atoms. The second-order valence-electron chi connectivity index (χ2n) is 2.72. The van der Waals surface area contributed by atoms with Gasteiger partial charge in [0.05, 0.1) is 6.04 Å². The van der Waals surface area contributed by atoms with Crippen molar-refractivity contribution in [2.45, 2.75) is 12.5 Å². The second-order valence-corrected chi connectivity index (χ2v) is 2.72. The minimum absolute atomic E-state index is 0.347. The molecule has 2 aliphatic rings. The van der Waals surface area contributed by atoms with E-state index < -0.39 is 0 Å². The second kappa shape index (κ2) is 2.38. The van der Waals surface area contributed by atoms with E-state index in [9.17, 15) is 4.79 Å². The first kappa shape index (κ1) is 6.40. The summed E-state index contributed by atoms with van der Waals surface area (Å²) in [6.45, 7) is 0. The Morgan fingerprint density at radius 3 is 3.27 bits per heavy atom. The number of allylic oxidation sites excluding steroid dienone is 2. The molecule has 0 amide bonds. The largest absolute Gasteiger partial charge is 0.384 e. The third kappa shape index (κ3) is 0.909. The zero-order chi connectivity index (χ0) is 7.68. The fraction of sp³-hybridized carbons (Fsp3) is 0.222. The minimum Gasteiger partial charge on any atom is -0.384 e. The van der Waals surface area contributed by atoms with Crippen LogP contribution >= 0.6 is 0 Å². The summed E-state index contributed by atoms with van der Waals surface area (Å²) in [7, 11) is 0. The molecular weight excluding hydrogens is 138 g/mol. The highest BCUT2D eigenvalue weighted by Crippen LogP contribution is 2.22. The molecule has 1 N–H and O–H groups in total. The van der Waals surface area contributed by atoms with Crippen LogP contribution in [0.15, 0.2) is 35.6 Å².